The lowest BCUT2D eigenvalue weighted by Crippen LogP contribution is -2.03. The molecule has 130 valence electrons. The maximum absolute atomic E-state index is 6.46. The Kier molecular flexibility index (Phi) is 4.63. The first-order chi connectivity index (χ1) is 12.6. The topological polar surface area (TPSA) is 61.4 Å². The van der Waals surface area contributed by atoms with Crippen LogP contribution in [0.25, 0.3) is 17.1 Å². The first kappa shape index (κ1) is 17.0. The number of hydrogen-bond acceptors (Lipinski definition) is 4. The highest BCUT2D eigenvalue weighted by Crippen LogP contribution is 2.29. The van der Waals surface area contributed by atoms with Crippen LogP contribution < -0.4 is 0 Å². The molecule has 4 aromatic rings. The second-order valence-electron chi connectivity index (χ2n) is 5.52. The van der Waals surface area contributed by atoms with Crippen molar-refractivity contribution in [3.05, 3.63) is 75.5 Å². The number of tetrazole rings is 1. The maximum atomic E-state index is 6.46. The molecule has 0 saturated heterocycles. The molecule has 0 fully saturated rings. The van der Waals surface area contributed by atoms with E-state index in [9.17, 15) is 0 Å². The lowest BCUT2D eigenvalue weighted by molar-refractivity contribution is 0.573. The van der Waals surface area contributed by atoms with Crippen LogP contribution in [-0.4, -0.2) is 30.0 Å². The van der Waals surface area contributed by atoms with Gasteiger partial charge in [-0.05, 0) is 29.0 Å². The molecule has 0 unspecified atom stereocenters. The van der Waals surface area contributed by atoms with Crippen LogP contribution in [0.15, 0.2) is 54.7 Å². The first-order valence-corrected chi connectivity index (χ1v) is 8.75. The Labute approximate surface area is 163 Å². The molecule has 6 nitrogen and oxygen atoms in total. The molecule has 0 amide bonds. The van der Waals surface area contributed by atoms with E-state index in [1.54, 1.807) is 24.4 Å². The van der Waals surface area contributed by atoms with Crippen molar-refractivity contribution < 1.29 is 0 Å². The van der Waals surface area contributed by atoms with Gasteiger partial charge < -0.3 is 0 Å². The van der Waals surface area contributed by atoms with Crippen LogP contribution in [-0.2, 0) is 6.54 Å². The van der Waals surface area contributed by atoms with E-state index in [1.807, 2.05) is 30.3 Å². The number of hydrogen-bond donors (Lipinski definition) is 0. The Morgan fingerprint density at radius 2 is 1.65 bits per heavy atom. The summed E-state index contributed by atoms with van der Waals surface area (Å²) in [5.41, 5.74) is 2.30. The van der Waals surface area contributed by atoms with Gasteiger partial charge in [0.25, 0.3) is 0 Å². The summed E-state index contributed by atoms with van der Waals surface area (Å²) in [7, 11) is 0. The zero-order valence-electron chi connectivity index (χ0n) is 13.2. The second-order valence-corrected chi connectivity index (χ2v) is 6.75. The van der Waals surface area contributed by atoms with Crippen LogP contribution in [0, 0.1) is 0 Å². The molecule has 2 aromatic heterocycles. The Morgan fingerprint density at radius 3 is 2.38 bits per heavy atom. The SMILES string of the molecule is Clc1cc(Cl)cc(-n2ncc(-c3nnn(Cc4ccccc4)n3)c2Cl)c1. The molecule has 0 bridgehead atoms. The van der Waals surface area contributed by atoms with Crippen LogP contribution in [0.2, 0.25) is 15.2 Å². The molecule has 4 rings (SSSR count). The van der Waals surface area contributed by atoms with Gasteiger partial charge in [0.05, 0.1) is 24.0 Å². The summed E-state index contributed by atoms with van der Waals surface area (Å²) in [4.78, 5) is 1.51. The standard InChI is InChI=1S/C17H11Cl3N6/c18-12-6-13(19)8-14(7-12)26-16(20)15(9-21-26)17-22-24-25(23-17)10-11-4-2-1-3-5-11/h1-9H,10H2. The van der Waals surface area contributed by atoms with E-state index in [1.165, 1.54) is 9.48 Å². The van der Waals surface area contributed by atoms with E-state index >= 15 is 0 Å². The fraction of sp³-hybridized carbons (Fsp3) is 0.0588. The minimum Gasteiger partial charge on any atom is -0.221 e. The Morgan fingerprint density at radius 1 is 0.923 bits per heavy atom. The summed E-state index contributed by atoms with van der Waals surface area (Å²) in [6.45, 7) is 0.517. The van der Waals surface area contributed by atoms with Gasteiger partial charge in [-0.2, -0.15) is 9.90 Å². The molecule has 2 aromatic carbocycles. The maximum Gasteiger partial charge on any atom is 0.209 e. The highest BCUT2D eigenvalue weighted by atomic mass is 35.5. The lowest BCUT2D eigenvalue weighted by Gasteiger charge is -2.04. The number of halogens is 3. The molecule has 26 heavy (non-hydrogen) atoms. The molecule has 0 N–H and O–H groups in total. The average molecular weight is 406 g/mol. The van der Waals surface area contributed by atoms with E-state index in [0.29, 0.717) is 38.8 Å². The predicted octanol–water partition coefficient (Wildman–Crippen LogP) is 4.53. The fourth-order valence-corrected chi connectivity index (χ4v) is 3.28. The second kappa shape index (κ2) is 7.07. The normalized spacial score (nSPS) is 11.0. The zero-order valence-corrected chi connectivity index (χ0v) is 15.5. The summed E-state index contributed by atoms with van der Waals surface area (Å²) < 4.78 is 1.52. The van der Waals surface area contributed by atoms with Crippen LogP contribution >= 0.6 is 34.8 Å². The third-order valence-corrected chi connectivity index (χ3v) is 4.46. The van der Waals surface area contributed by atoms with Crippen molar-refractivity contribution in [2.45, 2.75) is 6.54 Å². The van der Waals surface area contributed by atoms with Gasteiger partial charge in [0.2, 0.25) is 5.82 Å². The van der Waals surface area contributed by atoms with E-state index in [2.05, 4.69) is 20.5 Å². The van der Waals surface area contributed by atoms with Gasteiger partial charge in [0.1, 0.15) is 5.15 Å². The van der Waals surface area contributed by atoms with Crippen molar-refractivity contribution in [1.82, 2.24) is 30.0 Å². The Balaban J connectivity index is 1.64. The minimum atomic E-state index is 0.350. The third-order valence-electron chi connectivity index (χ3n) is 3.66. The number of nitrogens with zero attached hydrogens (tertiary/aromatic N) is 6. The largest absolute Gasteiger partial charge is 0.221 e. The van der Waals surface area contributed by atoms with Gasteiger partial charge >= 0.3 is 0 Å². The van der Waals surface area contributed by atoms with Crippen molar-refractivity contribution in [3.63, 3.8) is 0 Å². The van der Waals surface area contributed by atoms with Crippen molar-refractivity contribution >= 4 is 34.8 Å². The average Bonchev–Trinajstić information content (AvgIpc) is 3.21. The fourth-order valence-electron chi connectivity index (χ4n) is 2.49. The number of aromatic nitrogens is 6. The summed E-state index contributed by atoms with van der Waals surface area (Å²) in [6, 6.07) is 15.0. The van der Waals surface area contributed by atoms with Gasteiger partial charge in [-0.3, -0.25) is 0 Å². The molecule has 2 heterocycles. The van der Waals surface area contributed by atoms with Crippen LogP contribution in [0.3, 0.4) is 0 Å². The van der Waals surface area contributed by atoms with E-state index in [-0.39, 0.29) is 0 Å². The van der Waals surface area contributed by atoms with E-state index in [4.69, 9.17) is 34.8 Å². The van der Waals surface area contributed by atoms with Gasteiger partial charge in [-0.1, -0.05) is 65.1 Å². The van der Waals surface area contributed by atoms with Gasteiger partial charge in [-0.25, -0.2) is 4.68 Å². The molecular weight excluding hydrogens is 395 g/mol. The van der Waals surface area contributed by atoms with Crippen molar-refractivity contribution in [3.8, 4) is 17.1 Å². The van der Waals surface area contributed by atoms with E-state index in [0.717, 1.165) is 5.56 Å². The van der Waals surface area contributed by atoms with Crippen LogP contribution in [0.4, 0.5) is 0 Å². The quantitative estimate of drug-likeness (QED) is 0.500. The smallest absolute Gasteiger partial charge is 0.209 e. The molecule has 9 heteroatoms. The van der Waals surface area contributed by atoms with Crippen molar-refractivity contribution in [2.75, 3.05) is 0 Å². The molecular formula is C17H11Cl3N6. The monoisotopic (exact) mass is 404 g/mol. The molecule has 0 radical (unpaired) electrons. The van der Waals surface area contributed by atoms with E-state index < -0.39 is 0 Å². The molecule has 0 atom stereocenters. The molecule has 0 saturated carbocycles. The minimum absolute atomic E-state index is 0.350. The molecule has 0 aliphatic carbocycles. The molecule has 0 aliphatic heterocycles. The Bertz CT molecular complexity index is 1040. The first-order valence-electron chi connectivity index (χ1n) is 7.62. The zero-order chi connectivity index (χ0) is 18.1. The Hall–Kier alpha value is -2.41. The number of benzene rings is 2. The third kappa shape index (κ3) is 3.44. The predicted molar refractivity (Wildman–Crippen MR) is 101 cm³/mol. The lowest BCUT2D eigenvalue weighted by atomic mass is 10.2. The van der Waals surface area contributed by atoms with Crippen molar-refractivity contribution in [1.29, 1.82) is 0 Å². The summed E-state index contributed by atoms with van der Waals surface area (Å²) in [5.74, 6) is 0.394. The van der Waals surface area contributed by atoms with Crippen LogP contribution in [0.1, 0.15) is 5.56 Å². The summed E-state index contributed by atoms with van der Waals surface area (Å²) in [5, 5.41) is 18.2. The van der Waals surface area contributed by atoms with Gasteiger partial charge in [-0.15, -0.1) is 10.2 Å². The number of rotatable bonds is 4. The summed E-state index contributed by atoms with van der Waals surface area (Å²) in [6.07, 6.45) is 1.58. The highest BCUT2D eigenvalue weighted by molar-refractivity contribution is 6.35. The van der Waals surface area contributed by atoms with Crippen molar-refractivity contribution in [2.24, 2.45) is 0 Å². The van der Waals surface area contributed by atoms with Crippen LogP contribution in [0.5, 0.6) is 0 Å². The summed E-state index contributed by atoms with van der Waals surface area (Å²) >= 11 is 18.6. The molecule has 0 spiro atoms. The van der Waals surface area contributed by atoms with Gasteiger partial charge in [0, 0.05) is 10.0 Å². The highest BCUT2D eigenvalue weighted by Gasteiger charge is 2.17. The van der Waals surface area contributed by atoms with Gasteiger partial charge in [0.15, 0.2) is 0 Å². The molecule has 0 aliphatic rings.